The van der Waals surface area contributed by atoms with E-state index in [0.29, 0.717) is 13.2 Å². The standard InChI is InChI=1S/C20H35N5O/c1-4-21-20(22-11-14-25-13-8-12-24(3)15-16-25)23-17-18-9-6-7-10-19(18)26-5-2/h6-7,9-10H,4-5,8,11-17H2,1-3H3,(H2,21,22,23). The van der Waals surface area contributed by atoms with Crippen LogP contribution in [0.5, 0.6) is 5.75 Å². The minimum atomic E-state index is 0.611. The van der Waals surface area contributed by atoms with E-state index in [0.717, 1.165) is 50.0 Å². The third kappa shape index (κ3) is 7.22. The summed E-state index contributed by atoms with van der Waals surface area (Å²) in [6.45, 7) is 12.9. The third-order valence-corrected chi connectivity index (χ3v) is 4.56. The van der Waals surface area contributed by atoms with Gasteiger partial charge in [0, 0.05) is 38.3 Å². The highest BCUT2D eigenvalue weighted by atomic mass is 16.5. The number of ether oxygens (including phenoxy) is 1. The van der Waals surface area contributed by atoms with E-state index in [2.05, 4.69) is 40.5 Å². The number of guanidine groups is 1. The average molecular weight is 362 g/mol. The van der Waals surface area contributed by atoms with E-state index in [1.807, 2.05) is 25.1 Å². The van der Waals surface area contributed by atoms with Gasteiger partial charge in [0.25, 0.3) is 0 Å². The lowest BCUT2D eigenvalue weighted by atomic mass is 10.2. The van der Waals surface area contributed by atoms with Gasteiger partial charge in [0.2, 0.25) is 0 Å². The summed E-state index contributed by atoms with van der Waals surface area (Å²) in [5.41, 5.74) is 1.11. The first-order valence-electron chi connectivity index (χ1n) is 9.86. The van der Waals surface area contributed by atoms with Gasteiger partial charge in [-0.1, -0.05) is 18.2 Å². The van der Waals surface area contributed by atoms with Crippen molar-refractivity contribution >= 4 is 5.96 Å². The predicted octanol–water partition coefficient (Wildman–Crippen LogP) is 1.78. The predicted molar refractivity (Wildman–Crippen MR) is 109 cm³/mol. The average Bonchev–Trinajstić information content (AvgIpc) is 2.85. The molecule has 6 nitrogen and oxygen atoms in total. The van der Waals surface area contributed by atoms with Gasteiger partial charge in [-0.05, 0) is 46.5 Å². The van der Waals surface area contributed by atoms with Crippen LogP contribution < -0.4 is 15.4 Å². The van der Waals surface area contributed by atoms with Crippen molar-refractivity contribution in [3.05, 3.63) is 29.8 Å². The molecule has 0 bridgehead atoms. The van der Waals surface area contributed by atoms with Gasteiger partial charge >= 0.3 is 0 Å². The lowest BCUT2D eigenvalue weighted by Crippen LogP contribution is -2.42. The first-order valence-corrected chi connectivity index (χ1v) is 9.86. The molecule has 0 saturated carbocycles. The molecule has 0 aliphatic carbocycles. The van der Waals surface area contributed by atoms with Crippen LogP contribution >= 0.6 is 0 Å². The van der Waals surface area contributed by atoms with E-state index in [1.165, 1.54) is 19.5 Å². The number of hydrogen-bond acceptors (Lipinski definition) is 4. The van der Waals surface area contributed by atoms with Crippen LogP contribution in [0.3, 0.4) is 0 Å². The first-order chi connectivity index (χ1) is 12.7. The summed E-state index contributed by atoms with van der Waals surface area (Å²) in [6, 6.07) is 8.11. The second-order valence-electron chi connectivity index (χ2n) is 6.66. The molecular weight excluding hydrogens is 326 g/mol. The Kier molecular flexibility index (Phi) is 9.28. The molecule has 1 fully saturated rings. The summed E-state index contributed by atoms with van der Waals surface area (Å²) in [6.07, 6.45) is 1.25. The fourth-order valence-electron chi connectivity index (χ4n) is 3.09. The molecule has 1 aliphatic heterocycles. The van der Waals surface area contributed by atoms with E-state index in [4.69, 9.17) is 9.73 Å². The Hall–Kier alpha value is -1.79. The SMILES string of the molecule is CCNC(=NCc1ccccc1OCC)NCCN1CCCN(C)CC1. The number of nitrogens with one attached hydrogen (secondary N) is 2. The van der Waals surface area contributed by atoms with Gasteiger partial charge in [-0.3, -0.25) is 0 Å². The molecule has 0 radical (unpaired) electrons. The maximum atomic E-state index is 5.69. The van der Waals surface area contributed by atoms with Gasteiger partial charge in [-0.15, -0.1) is 0 Å². The molecule has 1 aliphatic rings. The normalized spacial score (nSPS) is 17.0. The molecule has 1 aromatic rings. The summed E-state index contributed by atoms with van der Waals surface area (Å²) in [5.74, 6) is 1.79. The zero-order valence-electron chi connectivity index (χ0n) is 16.6. The molecule has 1 aromatic carbocycles. The zero-order valence-corrected chi connectivity index (χ0v) is 16.6. The summed E-state index contributed by atoms with van der Waals surface area (Å²) >= 11 is 0. The lowest BCUT2D eigenvalue weighted by Gasteiger charge is -2.21. The topological polar surface area (TPSA) is 52.1 Å². The van der Waals surface area contributed by atoms with Crippen LogP contribution in [0.15, 0.2) is 29.3 Å². The minimum Gasteiger partial charge on any atom is -0.494 e. The molecule has 1 saturated heterocycles. The fraction of sp³-hybridized carbons (Fsp3) is 0.650. The largest absolute Gasteiger partial charge is 0.494 e. The highest BCUT2D eigenvalue weighted by molar-refractivity contribution is 5.79. The van der Waals surface area contributed by atoms with Crippen LogP contribution in [0.25, 0.3) is 0 Å². The molecule has 0 unspecified atom stereocenters. The molecule has 2 N–H and O–H groups in total. The molecule has 6 heteroatoms. The second kappa shape index (κ2) is 11.8. The van der Waals surface area contributed by atoms with Gasteiger partial charge < -0.3 is 25.2 Å². The summed E-state index contributed by atoms with van der Waals surface area (Å²) < 4.78 is 5.69. The number of hydrogen-bond donors (Lipinski definition) is 2. The monoisotopic (exact) mass is 361 g/mol. The molecule has 0 amide bonds. The first kappa shape index (κ1) is 20.5. The number of aliphatic imine (C=N–C) groups is 1. The molecule has 0 atom stereocenters. The number of rotatable bonds is 8. The quantitative estimate of drug-likeness (QED) is 0.546. The fourth-order valence-corrected chi connectivity index (χ4v) is 3.09. The second-order valence-corrected chi connectivity index (χ2v) is 6.66. The molecule has 1 heterocycles. The lowest BCUT2D eigenvalue weighted by molar-refractivity contribution is 0.280. The zero-order chi connectivity index (χ0) is 18.6. The maximum absolute atomic E-state index is 5.69. The van der Waals surface area contributed by atoms with Crippen molar-refractivity contribution in [1.29, 1.82) is 0 Å². The van der Waals surface area contributed by atoms with Crippen molar-refractivity contribution in [2.45, 2.75) is 26.8 Å². The smallest absolute Gasteiger partial charge is 0.191 e. The van der Waals surface area contributed by atoms with Crippen molar-refractivity contribution in [2.24, 2.45) is 4.99 Å². The maximum Gasteiger partial charge on any atom is 0.191 e. The van der Waals surface area contributed by atoms with Crippen molar-refractivity contribution in [3.8, 4) is 5.75 Å². The summed E-state index contributed by atoms with van der Waals surface area (Å²) in [4.78, 5) is 9.67. The van der Waals surface area contributed by atoms with Gasteiger partial charge in [-0.25, -0.2) is 4.99 Å². The molecule has 146 valence electrons. The number of benzene rings is 1. The van der Waals surface area contributed by atoms with E-state index in [1.54, 1.807) is 0 Å². The third-order valence-electron chi connectivity index (χ3n) is 4.56. The van der Waals surface area contributed by atoms with Crippen molar-refractivity contribution in [2.75, 3.05) is 59.5 Å². The van der Waals surface area contributed by atoms with Crippen LogP contribution in [0.4, 0.5) is 0 Å². The molecule has 0 aromatic heterocycles. The molecule has 26 heavy (non-hydrogen) atoms. The Morgan fingerprint density at radius 3 is 2.77 bits per heavy atom. The Balaban J connectivity index is 1.84. The minimum absolute atomic E-state index is 0.611. The van der Waals surface area contributed by atoms with Crippen LogP contribution in [0, 0.1) is 0 Å². The van der Waals surface area contributed by atoms with Crippen LogP contribution in [0.1, 0.15) is 25.8 Å². The van der Waals surface area contributed by atoms with Crippen LogP contribution in [0.2, 0.25) is 0 Å². The Morgan fingerprint density at radius 2 is 1.96 bits per heavy atom. The Morgan fingerprint density at radius 1 is 1.12 bits per heavy atom. The molecule has 0 spiro atoms. The van der Waals surface area contributed by atoms with E-state index in [-0.39, 0.29) is 0 Å². The van der Waals surface area contributed by atoms with Gasteiger partial charge in [0.05, 0.1) is 13.2 Å². The van der Waals surface area contributed by atoms with Crippen molar-refractivity contribution in [1.82, 2.24) is 20.4 Å². The molecule has 2 rings (SSSR count). The molecular formula is C20H35N5O. The summed E-state index contributed by atoms with van der Waals surface area (Å²) in [7, 11) is 2.21. The highest BCUT2D eigenvalue weighted by Gasteiger charge is 2.11. The number of para-hydroxylation sites is 1. The van der Waals surface area contributed by atoms with Crippen molar-refractivity contribution in [3.63, 3.8) is 0 Å². The Bertz CT molecular complexity index is 549. The summed E-state index contributed by atoms with van der Waals surface area (Å²) in [5, 5.41) is 6.80. The highest BCUT2D eigenvalue weighted by Crippen LogP contribution is 2.18. The van der Waals surface area contributed by atoms with E-state index in [9.17, 15) is 0 Å². The number of likely N-dealkylation sites (N-methyl/N-ethyl adjacent to an activating group) is 1. The number of nitrogens with zero attached hydrogens (tertiary/aromatic N) is 3. The van der Waals surface area contributed by atoms with Crippen molar-refractivity contribution < 1.29 is 4.74 Å². The van der Waals surface area contributed by atoms with Crippen LogP contribution in [-0.4, -0.2) is 75.2 Å². The van der Waals surface area contributed by atoms with Crippen LogP contribution in [-0.2, 0) is 6.54 Å². The Labute approximate surface area is 158 Å². The van der Waals surface area contributed by atoms with Gasteiger partial charge in [0.15, 0.2) is 5.96 Å². The van der Waals surface area contributed by atoms with E-state index < -0.39 is 0 Å². The van der Waals surface area contributed by atoms with Gasteiger partial charge in [-0.2, -0.15) is 0 Å². The van der Waals surface area contributed by atoms with E-state index >= 15 is 0 Å². The van der Waals surface area contributed by atoms with Gasteiger partial charge in [0.1, 0.15) is 5.75 Å².